The first-order valence-corrected chi connectivity index (χ1v) is 8.78. The van der Waals surface area contributed by atoms with Crippen molar-refractivity contribution in [2.45, 2.75) is 45.1 Å². The molecule has 0 bridgehead atoms. The smallest absolute Gasteiger partial charge is 0.317 e. The molecule has 2 aliphatic rings. The third-order valence-electron chi connectivity index (χ3n) is 4.80. The largest absolute Gasteiger partial charge is 0.335 e. The SMILES string of the molecule is Cc1ccc(C(=O)N2CCN(C(=O)NC3CCCCC3)CC2)nn1. The second-order valence-electron chi connectivity index (χ2n) is 6.62. The zero-order valence-corrected chi connectivity index (χ0v) is 14.2. The molecule has 7 heteroatoms. The number of carbonyl (C=O) groups excluding carboxylic acids is 2. The molecule has 1 saturated carbocycles. The number of aryl methyl sites for hydroxylation is 1. The monoisotopic (exact) mass is 331 g/mol. The minimum absolute atomic E-state index is 0.00382. The highest BCUT2D eigenvalue weighted by Crippen LogP contribution is 2.18. The van der Waals surface area contributed by atoms with Crippen molar-refractivity contribution >= 4 is 11.9 Å². The average molecular weight is 331 g/mol. The Kier molecular flexibility index (Phi) is 5.27. The molecule has 1 aliphatic heterocycles. The first kappa shape index (κ1) is 16.7. The molecule has 1 N–H and O–H groups in total. The van der Waals surface area contributed by atoms with Gasteiger partial charge >= 0.3 is 6.03 Å². The van der Waals surface area contributed by atoms with E-state index in [4.69, 9.17) is 0 Å². The van der Waals surface area contributed by atoms with Gasteiger partial charge in [0.2, 0.25) is 0 Å². The predicted octanol–water partition coefficient (Wildman–Crippen LogP) is 1.59. The van der Waals surface area contributed by atoms with Crippen LogP contribution in [0.15, 0.2) is 12.1 Å². The Morgan fingerprint density at radius 1 is 1.00 bits per heavy atom. The van der Waals surface area contributed by atoms with E-state index in [0.717, 1.165) is 18.5 Å². The van der Waals surface area contributed by atoms with Gasteiger partial charge in [0, 0.05) is 32.2 Å². The minimum Gasteiger partial charge on any atom is -0.335 e. The number of aromatic nitrogens is 2. The van der Waals surface area contributed by atoms with Crippen LogP contribution in [0.5, 0.6) is 0 Å². The molecule has 2 heterocycles. The normalized spacial score (nSPS) is 19.2. The number of urea groups is 1. The van der Waals surface area contributed by atoms with E-state index < -0.39 is 0 Å². The molecule has 3 rings (SSSR count). The number of hydrogen-bond donors (Lipinski definition) is 1. The summed E-state index contributed by atoms with van der Waals surface area (Å²) >= 11 is 0. The molecule has 0 unspecified atom stereocenters. The van der Waals surface area contributed by atoms with Crippen LogP contribution in [0.4, 0.5) is 4.79 Å². The molecule has 130 valence electrons. The zero-order valence-electron chi connectivity index (χ0n) is 14.2. The van der Waals surface area contributed by atoms with Crippen LogP contribution in [0, 0.1) is 6.92 Å². The van der Waals surface area contributed by atoms with E-state index in [0.29, 0.717) is 37.9 Å². The van der Waals surface area contributed by atoms with Gasteiger partial charge in [0.05, 0.1) is 5.69 Å². The molecule has 1 saturated heterocycles. The van der Waals surface area contributed by atoms with Crippen molar-refractivity contribution in [3.63, 3.8) is 0 Å². The quantitative estimate of drug-likeness (QED) is 0.892. The molecule has 1 aromatic heterocycles. The number of nitrogens with one attached hydrogen (secondary N) is 1. The van der Waals surface area contributed by atoms with Gasteiger partial charge in [0.15, 0.2) is 5.69 Å². The summed E-state index contributed by atoms with van der Waals surface area (Å²) in [7, 11) is 0. The topological polar surface area (TPSA) is 78.4 Å². The molecule has 7 nitrogen and oxygen atoms in total. The Morgan fingerprint density at radius 3 is 2.29 bits per heavy atom. The van der Waals surface area contributed by atoms with Gasteiger partial charge in [-0.15, -0.1) is 5.10 Å². The van der Waals surface area contributed by atoms with Gasteiger partial charge in [-0.3, -0.25) is 4.79 Å². The Balaban J connectivity index is 1.48. The highest BCUT2D eigenvalue weighted by Gasteiger charge is 2.27. The number of nitrogens with zero attached hydrogens (tertiary/aromatic N) is 4. The predicted molar refractivity (Wildman–Crippen MR) is 89.7 cm³/mol. The number of amides is 3. The summed E-state index contributed by atoms with van der Waals surface area (Å²) in [6.07, 6.45) is 5.83. The van der Waals surface area contributed by atoms with Gasteiger partial charge in [-0.05, 0) is 31.9 Å². The molecule has 24 heavy (non-hydrogen) atoms. The second-order valence-corrected chi connectivity index (χ2v) is 6.62. The van der Waals surface area contributed by atoms with Gasteiger partial charge in [-0.25, -0.2) is 4.79 Å². The summed E-state index contributed by atoms with van der Waals surface area (Å²) in [6, 6.07) is 3.80. The van der Waals surface area contributed by atoms with E-state index in [-0.39, 0.29) is 11.9 Å². The molecule has 0 atom stereocenters. The molecular formula is C17H25N5O2. The molecule has 0 aromatic carbocycles. The van der Waals surface area contributed by atoms with E-state index >= 15 is 0 Å². The van der Waals surface area contributed by atoms with Crippen molar-refractivity contribution in [1.82, 2.24) is 25.3 Å². The molecular weight excluding hydrogens is 306 g/mol. The van der Waals surface area contributed by atoms with Crippen LogP contribution in [-0.4, -0.2) is 64.2 Å². The Bertz CT molecular complexity index is 575. The fraction of sp³-hybridized carbons (Fsp3) is 0.647. The number of carbonyl (C=O) groups is 2. The second kappa shape index (κ2) is 7.59. The third-order valence-corrected chi connectivity index (χ3v) is 4.80. The van der Waals surface area contributed by atoms with Crippen LogP contribution in [-0.2, 0) is 0 Å². The lowest BCUT2D eigenvalue weighted by Crippen LogP contribution is -2.54. The summed E-state index contributed by atoms with van der Waals surface area (Å²) in [4.78, 5) is 28.3. The Labute approximate surface area is 142 Å². The van der Waals surface area contributed by atoms with E-state index in [1.807, 2.05) is 6.92 Å². The lowest BCUT2D eigenvalue weighted by Gasteiger charge is -2.35. The summed E-state index contributed by atoms with van der Waals surface area (Å²) in [5.41, 5.74) is 1.15. The van der Waals surface area contributed by atoms with Crippen LogP contribution in [0.3, 0.4) is 0 Å². The first-order chi connectivity index (χ1) is 11.6. The van der Waals surface area contributed by atoms with Crippen LogP contribution in [0.1, 0.15) is 48.3 Å². The average Bonchev–Trinajstić information content (AvgIpc) is 2.63. The third kappa shape index (κ3) is 4.01. The van der Waals surface area contributed by atoms with Gasteiger partial charge < -0.3 is 15.1 Å². The summed E-state index contributed by atoms with van der Waals surface area (Å²) in [6.45, 7) is 4.02. The lowest BCUT2D eigenvalue weighted by atomic mass is 9.96. The maximum absolute atomic E-state index is 12.4. The van der Waals surface area contributed by atoms with E-state index in [1.165, 1.54) is 19.3 Å². The van der Waals surface area contributed by atoms with E-state index in [1.54, 1.807) is 21.9 Å². The van der Waals surface area contributed by atoms with Gasteiger partial charge in [-0.2, -0.15) is 5.10 Å². The first-order valence-electron chi connectivity index (χ1n) is 8.78. The highest BCUT2D eigenvalue weighted by molar-refractivity contribution is 5.92. The van der Waals surface area contributed by atoms with Gasteiger partial charge in [0.25, 0.3) is 5.91 Å². The number of rotatable bonds is 2. The van der Waals surface area contributed by atoms with Crippen LogP contribution in [0.25, 0.3) is 0 Å². The standard InChI is InChI=1S/C17H25N5O2/c1-13-7-8-15(20-19-13)16(23)21-9-11-22(12-10-21)17(24)18-14-5-3-2-4-6-14/h7-8,14H,2-6,9-12H2,1H3,(H,18,24). The van der Waals surface area contributed by atoms with Crippen molar-refractivity contribution in [3.05, 3.63) is 23.5 Å². The minimum atomic E-state index is -0.116. The molecule has 0 radical (unpaired) electrons. The molecule has 0 spiro atoms. The van der Waals surface area contributed by atoms with E-state index in [2.05, 4.69) is 15.5 Å². The Hall–Kier alpha value is -2.18. The van der Waals surface area contributed by atoms with Crippen LogP contribution < -0.4 is 5.32 Å². The highest BCUT2D eigenvalue weighted by atomic mass is 16.2. The molecule has 2 fully saturated rings. The number of hydrogen-bond acceptors (Lipinski definition) is 4. The van der Waals surface area contributed by atoms with Crippen molar-refractivity contribution in [1.29, 1.82) is 0 Å². The zero-order chi connectivity index (χ0) is 16.9. The van der Waals surface area contributed by atoms with Crippen molar-refractivity contribution in [2.75, 3.05) is 26.2 Å². The van der Waals surface area contributed by atoms with Gasteiger partial charge in [-0.1, -0.05) is 19.3 Å². The maximum atomic E-state index is 12.4. The van der Waals surface area contributed by atoms with Crippen LogP contribution >= 0.6 is 0 Å². The summed E-state index contributed by atoms with van der Waals surface area (Å²) in [5, 5.41) is 11.0. The number of piperazine rings is 1. The van der Waals surface area contributed by atoms with Gasteiger partial charge in [0.1, 0.15) is 0 Å². The fourth-order valence-electron chi connectivity index (χ4n) is 3.30. The molecule has 1 aromatic rings. The molecule has 1 aliphatic carbocycles. The lowest BCUT2D eigenvalue weighted by molar-refractivity contribution is 0.0655. The van der Waals surface area contributed by atoms with E-state index in [9.17, 15) is 9.59 Å². The maximum Gasteiger partial charge on any atom is 0.317 e. The molecule has 3 amide bonds. The summed E-state index contributed by atoms with van der Waals surface area (Å²) < 4.78 is 0. The van der Waals surface area contributed by atoms with Crippen molar-refractivity contribution in [3.8, 4) is 0 Å². The van der Waals surface area contributed by atoms with Crippen molar-refractivity contribution < 1.29 is 9.59 Å². The van der Waals surface area contributed by atoms with Crippen molar-refractivity contribution in [2.24, 2.45) is 0 Å². The van der Waals surface area contributed by atoms with Crippen LogP contribution in [0.2, 0.25) is 0 Å². The fourth-order valence-corrected chi connectivity index (χ4v) is 3.30. The Morgan fingerprint density at radius 2 is 1.67 bits per heavy atom. The summed E-state index contributed by atoms with van der Waals surface area (Å²) in [5.74, 6) is -0.116.